The van der Waals surface area contributed by atoms with Crippen LogP contribution in [0.5, 0.6) is 0 Å². The van der Waals surface area contributed by atoms with Crippen molar-refractivity contribution in [3.05, 3.63) is 0 Å². The Morgan fingerprint density at radius 2 is 1.33 bits per heavy atom. The number of hydrogen-bond donors (Lipinski definition) is 3. The molecular weight excluding hydrogens is 451 g/mol. The fraction of sp³-hybridized carbons (Fsp3) is 1.00. The SMILES string of the molecule is CC(O)CC(C)O.Cl.Cl.OC1CCCCC1.[O]=[W]. The van der Waals surface area contributed by atoms with Gasteiger partial charge in [-0.25, -0.2) is 0 Å². The molecule has 0 spiro atoms. The zero-order valence-electron chi connectivity index (χ0n) is 10.9. The molecule has 1 fully saturated rings. The zero-order chi connectivity index (χ0) is 13.0. The first-order valence-electron chi connectivity index (χ1n) is 5.73. The van der Waals surface area contributed by atoms with Crippen LogP contribution in [0.15, 0.2) is 0 Å². The predicted molar refractivity (Wildman–Crippen MR) is 72.3 cm³/mol. The maximum absolute atomic E-state index is 8.91. The molecule has 0 saturated heterocycles. The van der Waals surface area contributed by atoms with Crippen LogP contribution in [0.4, 0.5) is 0 Å². The molecule has 18 heavy (non-hydrogen) atoms. The summed E-state index contributed by atoms with van der Waals surface area (Å²) in [5, 5.41) is 26.0. The fourth-order valence-corrected chi connectivity index (χ4v) is 1.57. The number of hydrogen-bond acceptors (Lipinski definition) is 4. The minimum absolute atomic E-state index is 0. The van der Waals surface area contributed by atoms with Crippen LogP contribution >= 0.6 is 24.8 Å². The molecule has 0 heterocycles. The molecule has 2 unspecified atom stereocenters. The van der Waals surface area contributed by atoms with Gasteiger partial charge < -0.3 is 15.3 Å². The van der Waals surface area contributed by atoms with Crippen LogP contribution in [-0.2, 0) is 23.2 Å². The van der Waals surface area contributed by atoms with E-state index >= 15 is 0 Å². The summed E-state index contributed by atoms with van der Waals surface area (Å²) < 4.78 is 8.33. The zero-order valence-corrected chi connectivity index (χ0v) is 15.5. The van der Waals surface area contributed by atoms with Crippen molar-refractivity contribution in [3.8, 4) is 0 Å². The molecule has 1 aliphatic carbocycles. The first-order chi connectivity index (χ1) is 7.52. The van der Waals surface area contributed by atoms with Crippen LogP contribution in [0, 0.1) is 0 Å². The fourth-order valence-electron chi connectivity index (χ4n) is 1.57. The molecular formula is C11H26Cl2O4W. The predicted octanol–water partition coefficient (Wildman–Crippen LogP) is 2.17. The van der Waals surface area contributed by atoms with Crippen molar-refractivity contribution in [1.29, 1.82) is 0 Å². The average molecular weight is 477 g/mol. The minimum atomic E-state index is -0.375. The first-order valence-corrected chi connectivity index (χ1v) is 6.93. The molecule has 0 aliphatic heterocycles. The Balaban J connectivity index is -0.0000000871. The van der Waals surface area contributed by atoms with Gasteiger partial charge in [-0.15, -0.1) is 24.8 Å². The van der Waals surface area contributed by atoms with Crippen LogP contribution in [0.2, 0.25) is 0 Å². The van der Waals surface area contributed by atoms with Crippen LogP contribution in [0.3, 0.4) is 0 Å². The summed E-state index contributed by atoms with van der Waals surface area (Å²) in [6.07, 6.45) is 5.65. The summed E-state index contributed by atoms with van der Waals surface area (Å²) in [4.78, 5) is 0. The van der Waals surface area contributed by atoms with E-state index in [1.807, 2.05) is 0 Å². The van der Waals surface area contributed by atoms with Gasteiger partial charge in [-0.3, -0.25) is 0 Å². The molecule has 1 aliphatic rings. The maximum atomic E-state index is 8.91. The van der Waals surface area contributed by atoms with Crippen LogP contribution in [-0.4, -0.2) is 33.6 Å². The molecule has 2 atom stereocenters. The summed E-state index contributed by atoms with van der Waals surface area (Å²) in [6.45, 7) is 3.32. The second-order valence-electron chi connectivity index (χ2n) is 4.23. The van der Waals surface area contributed by atoms with E-state index in [9.17, 15) is 0 Å². The van der Waals surface area contributed by atoms with Gasteiger partial charge in [0.2, 0.25) is 0 Å². The van der Waals surface area contributed by atoms with Gasteiger partial charge in [0.05, 0.1) is 18.3 Å². The van der Waals surface area contributed by atoms with Crippen molar-refractivity contribution in [2.75, 3.05) is 0 Å². The van der Waals surface area contributed by atoms with Gasteiger partial charge in [0.1, 0.15) is 0 Å². The first kappa shape index (κ1) is 27.3. The number of rotatable bonds is 2. The van der Waals surface area contributed by atoms with Crippen LogP contribution in [0.25, 0.3) is 0 Å². The molecule has 0 aromatic heterocycles. The van der Waals surface area contributed by atoms with Crippen molar-refractivity contribution >= 4 is 24.8 Å². The van der Waals surface area contributed by atoms with E-state index in [4.69, 9.17) is 18.7 Å². The van der Waals surface area contributed by atoms with E-state index in [-0.39, 0.29) is 43.1 Å². The van der Waals surface area contributed by atoms with E-state index in [1.54, 1.807) is 13.8 Å². The van der Waals surface area contributed by atoms with Crippen molar-refractivity contribution in [3.63, 3.8) is 0 Å². The van der Waals surface area contributed by atoms with Gasteiger partial charge in [-0.2, -0.15) is 0 Å². The molecule has 0 amide bonds. The quantitative estimate of drug-likeness (QED) is 0.571. The second kappa shape index (κ2) is 20.3. The Labute approximate surface area is 134 Å². The van der Waals surface area contributed by atoms with Crippen molar-refractivity contribution in [2.24, 2.45) is 0 Å². The third-order valence-corrected chi connectivity index (χ3v) is 2.26. The van der Waals surface area contributed by atoms with Gasteiger partial charge in [0.15, 0.2) is 0 Å². The Bertz CT molecular complexity index is 139. The van der Waals surface area contributed by atoms with Gasteiger partial charge in [-0.1, -0.05) is 19.3 Å². The number of aliphatic hydroxyl groups is 3. The van der Waals surface area contributed by atoms with E-state index in [0.717, 1.165) is 12.8 Å². The van der Waals surface area contributed by atoms with Crippen molar-refractivity contribution in [1.82, 2.24) is 0 Å². The van der Waals surface area contributed by atoms with Crippen molar-refractivity contribution in [2.45, 2.75) is 70.7 Å². The summed E-state index contributed by atoms with van der Waals surface area (Å²) in [5.41, 5.74) is 0. The number of halogens is 2. The number of aliphatic hydroxyl groups excluding tert-OH is 3. The summed E-state index contributed by atoms with van der Waals surface area (Å²) in [5.74, 6) is 0. The van der Waals surface area contributed by atoms with Gasteiger partial charge in [0, 0.05) is 0 Å². The molecule has 4 nitrogen and oxygen atoms in total. The molecule has 0 aromatic rings. The topological polar surface area (TPSA) is 77.8 Å². The Morgan fingerprint density at radius 3 is 1.44 bits per heavy atom. The average Bonchev–Trinajstić information content (AvgIpc) is 2.20. The molecule has 0 aromatic carbocycles. The molecule has 1 rings (SSSR count). The normalized spacial score (nSPS) is 17.4. The monoisotopic (exact) mass is 476 g/mol. The molecule has 114 valence electrons. The third-order valence-electron chi connectivity index (χ3n) is 2.26. The summed E-state index contributed by atoms with van der Waals surface area (Å²) in [7, 11) is 0. The van der Waals surface area contributed by atoms with Crippen LogP contribution < -0.4 is 0 Å². The standard InChI is InChI=1S/C6H12O.C5H12O2.2ClH.O.W/c7-6-4-2-1-3-5-6;1-4(6)3-5(2)7;;;;/h6-7H,1-5H2;4-7H,3H2,1-2H3;2*1H;;. The van der Waals surface area contributed by atoms with E-state index in [2.05, 4.69) is 0 Å². The van der Waals surface area contributed by atoms with Gasteiger partial charge in [-0.05, 0) is 33.1 Å². The van der Waals surface area contributed by atoms with Crippen LogP contribution in [0.1, 0.15) is 52.4 Å². The Hall–Kier alpha value is 0.948. The van der Waals surface area contributed by atoms with Gasteiger partial charge in [0.25, 0.3) is 0 Å². The van der Waals surface area contributed by atoms with E-state index < -0.39 is 0 Å². The molecule has 7 heteroatoms. The van der Waals surface area contributed by atoms with E-state index in [1.165, 1.54) is 19.3 Å². The Morgan fingerprint density at radius 1 is 1.00 bits per heavy atom. The molecule has 1 saturated carbocycles. The third kappa shape index (κ3) is 25.7. The summed E-state index contributed by atoms with van der Waals surface area (Å²) >= 11 is 0.333. The molecule has 3 N–H and O–H groups in total. The van der Waals surface area contributed by atoms with Gasteiger partial charge >= 0.3 is 23.2 Å². The van der Waals surface area contributed by atoms with E-state index in [0.29, 0.717) is 26.2 Å². The van der Waals surface area contributed by atoms with Crippen molar-refractivity contribution < 1.29 is 38.5 Å². The molecule has 0 radical (unpaired) electrons. The molecule has 0 bridgehead atoms. The Kier molecular flexibility index (Phi) is 30.8. The second-order valence-corrected chi connectivity index (χ2v) is 4.23. The summed E-state index contributed by atoms with van der Waals surface area (Å²) in [6, 6.07) is 0.